The average molecular weight is 233 g/mol. The molecule has 1 aromatic carbocycles. The van der Waals surface area contributed by atoms with E-state index in [1.165, 1.54) is 0 Å². The zero-order valence-electron chi connectivity index (χ0n) is 9.64. The molecule has 5 nitrogen and oxygen atoms in total. The molecule has 2 heterocycles. The van der Waals surface area contributed by atoms with E-state index in [4.69, 9.17) is 15.2 Å². The van der Waals surface area contributed by atoms with Gasteiger partial charge in [-0.3, -0.25) is 0 Å². The Kier molecular flexibility index (Phi) is 2.39. The van der Waals surface area contributed by atoms with Gasteiger partial charge in [0.2, 0.25) is 0 Å². The molecular weight excluding hydrogens is 218 g/mol. The molecule has 0 atom stereocenters. The molecule has 0 saturated carbocycles. The van der Waals surface area contributed by atoms with Crippen molar-refractivity contribution in [2.24, 2.45) is 5.73 Å². The fourth-order valence-electron chi connectivity index (χ4n) is 2.01. The van der Waals surface area contributed by atoms with Crippen LogP contribution in [0.15, 0.2) is 24.5 Å². The number of aromatic amines is 1. The first-order valence-electron chi connectivity index (χ1n) is 5.64. The fraction of sp³-hybridized carbons (Fsp3) is 0.417. The molecule has 0 bridgehead atoms. The van der Waals surface area contributed by atoms with E-state index >= 15 is 0 Å². The summed E-state index contributed by atoms with van der Waals surface area (Å²) in [6.07, 6.45) is 1.68. The first kappa shape index (κ1) is 10.7. The molecular formula is C12H15N3O2. The van der Waals surface area contributed by atoms with E-state index < -0.39 is 5.79 Å². The van der Waals surface area contributed by atoms with E-state index in [9.17, 15) is 0 Å². The zero-order valence-corrected chi connectivity index (χ0v) is 9.64. The Labute approximate surface area is 98.9 Å². The Hall–Kier alpha value is -1.43. The molecule has 1 aliphatic rings. The first-order chi connectivity index (χ1) is 8.17. The number of fused-ring (bicyclic) bond motifs is 1. The van der Waals surface area contributed by atoms with Crippen molar-refractivity contribution < 1.29 is 9.47 Å². The number of H-pyrrole nitrogens is 1. The Balaban J connectivity index is 1.96. The minimum atomic E-state index is -0.713. The molecule has 17 heavy (non-hydrogen) atoms. The zero-order chi connectivity index (χ0) is 11.9. The van der Waals surface area contributed by atoms with Crippen LogP contribution in [0.1, 0.15) is 12.5 Å². The van der Waals surface area contributed by atoms with Crippen molar-refractivity contribution in [3.05, 3.63) is 30.1 Å². The van der Waals surface area contributed by atoms with Crippen LogP contribution in [0.3, 0.4) is 0 Å². The highest BCUT2D eigenvalue weighted by Gasteiger charge is 2.33. The van der Waals surface area contributed by atoms with Crippen LogP contribution in [0.2, 0.25) is 0 Å². The lowest BCUT2D eigenvalue weighted by atomic mass is 10.1. The fourth-order valence-corrected chi connectivity index (χ4v) is 2.01. The van der Waals surface area contributed by atoms with Crippen molar-refractivity contribution in [1.82, 2.24) is 9.97 Å². The van der Waals surface area contributed by atoms with Crippen LogP contribution in [0.25, 0.3) is 11.0 Å². The van der Waals surface area contributed by atoms with Gasteiger partial charge in [-0.1, -0.05) is 6.07 Å². The number of nitrogens with two attached hydrogens (primary N) is 1. The summed E-state index contributed by atoms with van der Waals surface area (Å²) in [5.74, 6) is -0.713. The third kappa shape index (κ3) is 1.82. The van der Waals surface area contributed by atoms with Gasteiger partial charge in [-0.2, -0.15) is 0 Å². The summed E-state index contributed by atoms with van der Waals surface area (Å²) < 4.78 is 11.4. The summed E-state index contributed by atoms with van der Waals surface area (Å²) in [6.45, 7) is 2.94. The second-order valence-corrected chi connectivity index (χ2v) is 4.46. The maximum atomic E-state index is 5.74. The second kappa shape index (κ2) is 3.80. The van der Waals surface area contributed by atoms with E-state index in [-0.39, 0.29) is 6.04 Å². The lowest BCUT2D eigenvalue weighted by molar-refractivity contribution is -0.270. The van der Waals surface area contributed by atoms with Crippen LogP contribution in [-0.4, -0.2) is 29.2 Å². The predicted molar refractivity (Wildman–Crippen MR) is 63.3 cm³/mol. The van der Waals surface area contributed by atoms with Gasteiger partial charge in [-0.05, 0) is 19.1 Å². The average Bonchev–Trinajstić information content (AvgIpc) is 2.80. The number of hydrogen-bond donors (Lipinski definition) is 2. The van der Waals surface area contributed by atoms with Crippen molar-refractivity contribution in [2.75, 3.05) is 13.2 Å². The number of nitrogens with one attached hydrogen (secondary N) is 1. The van der Waals surface area contributed by atoms with Crippen molar-refractivity contribution in [3.63, 3.8) is 0 Å². The van der Waals surface area contributed by atoms with Gasteiger partial charge in [0.15, 0.2) is 5.79 Å². The maximum Gasteiger partial charge on any atom is 0.192 e. The second-order valence-electron chi connectivity index (χ2n) is 4.46. The molecule has 3 N–H and O–H groups in total. The molecule has 0 amide bonds. The van der Waals surface area contributed by atoms with Crippen molar-refractivity contribution in [1.29, 1.82) is 0 Å². The lowest BCUT2D eigenvalue weighted by Crippen LogP contribution is -2.46. The maximum absolute atomic E-state index is 5.74. The Morgan fingerprint density at radius 1 is 1.41 bits per heavy atom. The van der Waals surface area contributed by atoms with Gasteiger partial charge in [-0.15, -0.1) is 0 Å². The number of rotatable bonds is 1. The molecule has 5 heteroatoms. The van der Waals surface area contributed by atoms with Crippen LogP contribution in [0, 0.1) is 0 Å². The molecule has 1 saturated heterocycles. The van der Waals surface area contributed by atoms with E-state index in [0.717, 1.165) is 16.6 Å². The molecule has 1 aromatic heterocycles. The number of benzene rings is 1. The Morgan fingerprint density at radius 3 is 2.94 bits per heavy atom. The van der Waals surface area contributed by atoms with E-state index in [1.807, 2.05) is 25.1 Å². The monoisotopic (exact) mass is 233 g/mol. The van der Waals surface area contributed by atoms with E-state index in [1.54, 1.807) is 6.33 Å². The SMILES string of the molecule is CC1(c2ccc3nc[nH]c3c2)OCC(N)CO1. The standard InChI is InChI=1S/C12H15N3O2/c1-12(16-5-9(13)6-17-12)8-2-3-10-11(4-8)15-7-14-10/h2-4,7,9H,5-6,13H2,1H3,(H,14,15). The van der Waals surface area contributed by atoms with Gasteiger partial charge in [0, 0.05) is 5.56 Å². The molecule has 0 unspecified atom stereocenters. The number of aromatic nitrogens is 2. The van der Waals surface area contributed by atoms with Gasteiger partial charge < -0.3 is 20.2 Å². The van der Waals surface area contributed by atoms with E-state index in [2.05, 4.69) is 9.97 Å². The lowest BCUT2D eigenvalue weighted by Gasteiger charge is -2.36. The molecule has 0 spiro atoms. The molecule has 90 valence electrons. The van der Waals surface area contributed by atoms with Crippen LogP contribution in [-0.2, 0) is 15.3 Å². The van der Waals surface area contributed by atoms with Gasteiger partial charge in [0.1, 0.15) is 0 Å². The quantitative estimate of drug-likeness (QED) is 0.773. The summed E-state index contributed by atoms with van der Waals surface area (Å²) in [4.78, 5) is 7.26. The van der Waals surface area contributed by atoms with Crippen LogP contribution < -0.4 is 5.73 Å². The van der Waals surface area contributed by atoms with Crippen molar-refractivity contribution in [3.8, 4) is 0 Å². The van der Waals surface area contributed by atoms with Gasteiger partial charge in [-0.25, -0.2) is 4.98 Å². The molecule has 1 fully saturated rings. The van der Waals surface area contributed by atoms with Gasteiger partial charge >= 0.3 is 0 Å². The summed E-state index contributed by atoms with van der Waals surface area (Å²) in [7, 11) is 0. The van der Waals surface area contributed by atoms with Crippen LogP contribution >= 0.6 is 0 Å². The summed E-state index contributed by atoms with van der Waals surface area (Å²) in [6, 6.07) is 5.88. The predicted octanol–water partition coefficient (Wildman–Crippen LogP) is 1.11. The topological polar surface area (TPSA) is 73.2 Å². The molecule has 0 radical (unpaired) electrons. The largest absolute Gasteiger partial charge is 0.345 e. The normalized spacial score (nSPS) is 29.6. The highest BCUT2D eigenvalue weighted by molar-refractivity contribution is 5.75. The van der Waals surface area contributed by atoms with Gasteiger partial charge in [0.25, 0.3) is 0 Å². The minimum Gasteiger partial charge on any atom is -0.345 e. The minimum absolute atomic E-state index is 0.0426. The summed E-state index contributed by atoms with van der Waals surface area (Å²) in [5.41, 5.74) is 8.63. The summed E-state index contributed by atoms with van der Waals surface area (Å²) >= 11 is 0. The Bertz CT molecular complexity index is 529. The molecule has 2 aromatic rings. The number of hydrogen-bond acceptors (Lipinski definition) is 4. The third-order valence-corrected chi connectivity index (χ3v) is 3.09. The number of ether oxygens (including phenoxy) is 2. The number of imidazole rings is 1. The van der Waals surface area contributed by atoms with Gasteiger partial charge in [0.05, 0.1) is 36.6 Å². The smallest absolute Gasteiger partial charge is 0.192 e. The van der Waals surface area contributed by atoms with Crippen molar-refractivity contribution >= 4 is 11.0 Å². The first-order valence-corrected chi connectivity index (χ1v) is 5.64. The highest BCUT2D eigenvalue weighted by atomic mass is 16.7. The van der Waals surface area contributed by atoms with E-state index in [0.29, 0.717) is 13.2 Å². The highest BCUT2D eigenvalue weighted by Crippen LogP contribution is 2.31. The van der Waals surface area contributed by atoms with Crippen LogP contribution in [0.5, 0.6) is 0 Å². The third-order valence-electron chi connectivity index (χ3n) is 3.09. The summed E-state index contributed by atoms with van der Waals surface area (Å²) in [5, 5.41) is 0. The number of nitrogens with zero attached hydrogens (tertiary/aromatic N) is 1. The molecule has 0 aliphatic carbocycles. The molecule has 1 aliphatic heterocycles. The Morgan fingerprint density at radius 2 is 2.18 bits per heavy atom. The van der Waals surface area contributed by atoms with Crippen LogP contribution in [0.4, 0.5) is 0 Å². The van der Waals surface area contributed by atoms with Crippen molar-refractivity contribution in [2.45, 2.75) is 18.8 Å². The molecule has 3 rings (SSSR count).